The van der Waals surface area contributed by atoms with Crippen LogP contribution in [0.3, 0.4) is 0 Å². The van der Waals surface area contributed by atoms with E-state index >= 15 is 0 Å². The highest BCUT2D eigenvalue weighted by Gasteiger charge is 2.38. The molecule has 1 aliphatic heterocycles. The highest BCUT2D eigenvalue weighted by Crippen LogP contribution is 2.46. The first-order valence-corrected chi connectivity index (χ1v) is 7.06. The summed E-state index contributed by atoms with van der Waals surface area (Å²) >= 11 is 0. The van der Waals surface area contributed by atoms with Crippen molar-refractivity contribution in [2.45, 2.75) is 65.3 Å². The van der Waals surface area contributed by atoms with Gasteiger partial charge < -0.3 is 4.90 Å². The molecule has 1 saturated carbocycles. The van der Waals surface area contributed by atoms with Gasteiger partial charge in [0, 0.05) is 28.9 Å². The first kappa shape index (κ1) is 13.4. The van der Waals surface area contributed by atoms with E-state index in [0.717, 1.165) is 18.4 Å². The van der Waals surface area contributed by atoms with Crippen molar-refractivity contribution in [3.8, 4) is 0 Å². The van der Waals surface area contributed by atoms with Gasteiger partial charge in [-0.3, -0.25) is 4.79 Å². The van der Waals surface area contributed by atoms with E-state index in [1.807, 2.05) is 0 Å². The highest BCUT2D eigenvalue weighted by atomic mass is 16.1. The average Bonchev–Trinajstić information content (AvgIpc) is 2.28. The molecule has 100 valence electrons. The number of Topliss-reactive ketones (excluding diaryl/α,β-unsaturated/α-hetero) is 1. The molecule has 0 aromatic heterocycles. The predicted molar refractivity (Wildman–Crippen MR) is 75.0 cm³/mol. The Labute approximate surface area is 111 Å². The van der Waals surface area contributed by atoms with Crippen molar-refractivity contribution in [3.05, 3.63) is 24.0 Å². The lowest BCUT2D eigenvalue weighted by molar-refractivity contribution is -0.114. The van der Waals surface area contributed by atoms with Crippen LogP contribution >= 0.6 is 0 Å². The van der Waals surface area contributed by atoms with Crippen LogP contribution in [-0.2, 0) is 4.79 Å². The van der Waals surface area contributed by atoms with Crippen molar-refractivity contribution in [3.63, 3.8) is 0 Å². The maximum atomic E-state index is 12.0. The number of allylic oxidation sites excluding steroid dienone is 2. The Bertz CT molecular complexity index is 392. The third-order valence-corrected chi connectivity index (χ3v) is 4.26. The van der Waals surface area contributed by atoms with Crippen LogP contribution < -0.4 is 0 Å². The Morgan fingerprint density at radius 2 is 1.83 bits per heavy atom. The first-order valence-electron chi connectivity index (χ1n) is 7.06. The quantitative estimate of drug-likeness (QED) is 0.697. The summed E-state index contributed by atoms with van der Waals surface area (Å²) in [5.74, 6) is 0.232. The topological polar surface area (TPSA) is 20.3 Å². The number of carbonyl (C=O) groups is 1. The molecule has 0 atom stereocenters. The Hall–Kier alpha value is -1.05. The molecule has 0 unspecified atom stereocenters. The molecule has 2 heteroatoms. The fourth-order valence-electron chi connectivity index (χ4n) is 3.10. The normalized spacial score (nSPS) is 23.1. The van der Waals surface area contributed by atoms with Crippen LogP contribution in [-0.4, -0.2) is 16.2 Å². The number of rotatable bonds is 1. The van der Waals surface area contributed by atoms with Gasteiger partial charge >= 0.3 is 0 Å². The molecule has 0 radical (unpaired) electrons. The van der Waals surface area contributed by atoms with Gasteiger partial charge in [0.2, 0.25) is 0 Å². The molecule has 0 aromatic rings. The summed E-state index contributed by atoms with van der Waals surface area (Å²) in [4.78, 5) is 14.2. The van der Waals surface area contributed by atoms with Crippen LogP contribution in [0, 0.1) is 5.41 Å². The molecule has 1 spiro atoms. The van der Waals surface area contributed by atoms with Crippen LogP contribution in [0.1, 0.15) is 59.8 Å². The average molecular weight is 247 g/mol. The molecule has 0 N–H and O–H groups in total. The van der Waals surface area contributed by atoms with Crippen molar-refractivity contribution >= 4 is 5.78 Å². The molecule has 1 aliphatic carbocycles. The van der Waals surface area contributed by atoms with Gasteiger partial charge in [0.15, 0.2) is 5.78 Å². The van der Waals surface area contributed by atoms with Crippen LogP contribution in [0.25, 0.3) is 0 Å². The van der Waals surface area contributed by atoms with E-state index in [0.29, 0.717) is 0 Å². The summed E-state index contributed by atoms with van der Waals surface area (Å²) in [5, 5.41) is 0. The predicted octanol–water partition coefficient (Wildman–Crippen LogP) is 4.04. The lowest BCUT2D eigenvalue weighted by atomic mass is 9.67. The van der Waals surface area contributed by atoms with Gasteiger partial charge in [-0.15, -0.1) is 0 Å². The van der Waals surface area contributed by atoms with E-state index in [9.17, 15) is 4.79 Å². The van der Waals surface area contributed by atoms with Gasteiger partial charge in [-0.05, 0) is 40.5 Å². The fraction of sp³-hybridized carbons (Fsp3) is 0.688. The molecule has 1 heterocycles. The zero-order valence-corrected chi connectivity index (χ0v) is 12.1. The number of hydrogen-bond acceptors (Lipinski definition) is 2. The van der Waals surface area contributed by atoms with Crippen molar-refractivity contribution in [1.29, 1.82) is 0 Å². The summed E-state index contributed by atoms with van der Waals surface area (Å²) in [5.41, 5.74) is 1.08. The highest BCUT2D eigenvalue weighted by molar-refractivity contribution is 5.95. The summed E-state index contributed by atoms with van der Waals surface area (Å²) in [6.07, 6.45) is 12.6. The number of ketones is 1. The fourth-order valence-corrected chi connectivity index (χ4v) is 3.10. The standard InChI is InChI=1S/C16H25NO/c1-13(18)14-12-17(15(2,3)4)11-10-16(14)8-6-5-7-9-16/h10-12H,5-9H2,1-4H3. The molecule has 0 amide bonds. The van der Waals surface area contributed by atoms with Crippen LogP contribution in [0.15, 0.2) is 24.0 Å². The lowest BCUT2D eigenvalue weighted by Gasteiger charge is -2.43. The largest absolute Gasteiger partial charge is 0.349 e. The van der Waals surface area contributed by atoms with E-state index in [-0.39, 0.29) is 16.7 Å². The molecule has 0 bridgehead atoms. The third-order valence-electron chi connectivity index (χ3n) is 4.26. The summed E-state index contributed by atoms with van der Waals surface area (Å²) in [6, 6.07) is 0. The van der Waals surface area contributed by atoms with Gasteiger partial charge in [-0.25, -0.2) is 0 Å². The summed E-state index contributed by atoms with van der Waals surface area (Å²) in [6.45, 7) is 8.22. The van der Waals surface area contributed by atoms with Crippen LogP contribution in [0.4, 0.5) is 0 Å². The number of nitrogens with zero attached hydrogens (tertiary/aromatic N) is 1. The van der Waals surface area contributed by atoms with Crippen molar-refractivity contribution in [2.75, 3.05) is 0 Å². The van der Waals surface area contributed by atoms with Gasteiger partial charge in [0.05, 0.1) is 0 Å². The van der Waals surface area contributed by atoms with Crippen molar-refractivity contribution in [2.24, 2.45) is 5.41 Å². The van der Waals surface area contributed by atoms with Crippen LogP contribution in [0.5, 0.6) is 0 Å². The molecule has 0 aromatic carbocycles. The minimum atomic E-state index is 0.0336. The Morgan fingerprint density at radius 3 is 2.33 bits per heavy atom. The lowest BCUT2D eigenvalue weighted by Crippen LogP contribution is -2.39. The Morgan fingerprint density at radius 1 is 1.22 bits per heavy atom. The van der Waals surface area contributed by atoms with E-state index in [2.05, 4.69) is 44.1 Å². The minimum Gasteiger partial charge on any atom is -0.349 e. The van der Waals surface area contributed by atoms with Gasteiger partial charge in [0.1, 0.15) is 0 Å². The van der Waals surface area contributed by atoms with Gasteiger partial charge in [-0.1, -0.05) is 25.3 Å². The maximum Gasteiger partial charge on any atom is 0.158 e. The second-order valence-electron chi connectivity index (χ2n) is 6.71. The Balaban J connectivity index is 2.35. The van der Waals surface area contributed by atoms with Gasteiger partial charge in [0.25, 0.3) is 0 Å². The van der Waals surface area contributed by atoms with Crippen molar-refractivity contribution < 1.29 is 4.79 Å². The van der Waals surface area contributed by atoms with Gasteiger partial charge in [-0.2, -0.15) is 0 Å². The molecule has 0 saturated heterocycles. The minimum absolute atomic E-state index is 0.0336. The monoisotopic (exact) mass is 247 g/mol. The summed E-state index contributed by atoms with van der Waals surface area (Å²) in [7, 11) is 0. The molecule has 2 nitrogen and oxygen atoms in total. The Kier molecular flexibility index (Phi) is 3.39. The van der Waals surface area contributed by atoms with Crippen molar-refractivity contribution in [1.82, 2.24) is 4.90 Å². The second kappa shape index (κ2) is 4.56. The van der Waals surface area contributed by atoms with E-state index < -0.39 is 0 Å². The second-order valence-corrected chi connectivity index (χ2v) is 6.71. The van der Waals surface area contributed by atoms with E-state index in [4.69, 9.17) is 0 Å². The van der Waals surface area contributed by atoms with Crippen LogP contribution in [0.2, 0.25) is 0 Å². The molecular formula is C16H25NO. The summed E-state index contributed by atoms with van der Waals surface area (Å²) < 4.78 is 0. The molecular weight excluding hydrogens is 222 g/mol. The maximum absolute atomic E-state index is 12.0. The molecule has 2 rings (SSSR count). The third kappa shape index (κ3) is 2.38. The number of hydrogen-bond donors (Lipinski definition) is 0. The first-order chi connectivity index (χ1) is 8.35. The van der Waals surface area contributed by atoms with E-state index in [1.165, 1.54) is 19.3 Å². The number of carbonyl (C=O) groups excluding carboxylic acids is 1. The molecule has 18 heavy (non-hydrogen) atoms. The zero-order valence-electron chi connectivity index (χ0n) is 12.1. The molecule has 2 aliphatic rings. The SMILES string of the molecule is CC(=O)C1=CN(C(C)(C)C)C=CC12CCCCC2. The zero-order chi connectivity index (χ0) is 13.4. The van der Waals surface area contributed by atoms with E-state index in [1.54, 1.807) is 6.92 Å². The molecule has 1 fully saturated rings. The smallest absolute Gasteiger partial charge is 0.158 e.